The molecule has 0 aliphatic carbocycles. The zero-order chi connectivity index (χ0) is 14.7. The Morgan fingerprint density at radius 1 is 1.29 bits per heavy atom. The number of halogens is 1. The lowest BCUT2D eigenvalue weighted by molar-refractivity contribution is 0.364. The van der Waals surface area contributed by atoms with Crippen LogP contribution in [0.25, 0.3) is 0 Å². The van der Waals surface area contributed by atoms with Crippen molar-refractivity contribution in [2.45, 2.75) is 16.7 Å². The summed E-state index contributed by atoms with van der Waals surface area (Å²) < 4.78 is 18.7. The average Bonchev–Trinajstić information content (AvgIpc) is 3.17. The van der Waals surface area contributed by atoms with Gasteiger partial charge in [-0.3, -0.25) is 0 Å². The molecule has 0 saturated carbocycles. The zero-order valence-corrected chi connectivity index (χ0v) is 12.5. The minimum absolute atomic E-state index is 0.249. The summed E-state index contributed by atoms with van der Waals surface area (Å²) in [7, 11) is 0. The molecule has 7 heteroatoms. The van der Waals surface area contributed by atoms with Crippen molar-refractivity contribution in [2.75, 3.05) is 0 Å². The standard InChI is InChI=1S/C14H12FN3OS2/c15-9-4-1-2-5-10(9)21-8-12-17-14(19-18-12)13(16)11-6-3-7-20-11/h1-7,13H,8,16H2. The van der Waals surface area contributed by atoms with Crippen LogP contribution < -0.4 is 5.73 Å². The topological polar surface area (TPSA) is 64.9 Å². The lowest BCUT2D eigenvalue weighted by Gasteiger charge is -2.02. The van der Waals surface area contributed by atoms with Gasteiger partial charge in [-0.25, -0.2) is 4.39 Å². The molecule has 0 radical (unpaired) electrons. The summed E-state index contributed by atoms with van der Waals surface area (Å²) >= 11 is 2.86. The first-order chi connectivity index (χ1) is 10.2. The normalized spacial score (nSPS) is 12.5. The molecule has 0 aliphatic rings. The van der Waals surface area contributed by atoms with Gasteiger partial charge in [0, 0.05) is 9.77 Å². The lowest BCUT2D eigenvalue weighted by Crippen LogP contribution is -2.10. The predicted octanol–water partition coefficient (Wildman–Crippen LogP) is 3.61. The Morgan fingerprint density at radius 3 is 2.90 bits per heavy atom. The molecule has 2 heterocycles. The molecule has 0 aliphatic heterocycles. The molecular weight excluding hydrogens is 309 g/mol. The Bertz CT molecular complexity index is 715. The Hall–Kier alpha value is -1.70. The molecule has 0 bridgehead atoms. The van der Waals surface area contributed by atoms with Crippen molar-refractivity contribution in [3.8, 4) is 0 Å². The summed E-state index contributed by atoms with van der Waals surface area (Å²) in [4.78, 5) is 5.80. The van der Waals surface area contributed by atoms with Gasteiger partial charge in [-0.2, -0.15) is 4.98 Å². The van der Waals surface area contributed by atoms with Gasteiger partial charge in [0.1, 0.15) is 11.9 Å². The number of aromatic nitrogens is 2. The summed E-state index contributed by atoms with van der Waals surface area (Å²) in [6.45, 7) is 0. The van der Waals surface area contributed by atoms with Gasteiger partial charge in [-0.05, 0) is 23.6 Å². The van der Waals surface area contributed by atoms with E-state index in [0.717, 1.165) is 4.88 Å². The van der Waals surface area contributed by atoms with Crippen molar-refractivity contribution in [3.63, 3.8) is 0 Å². The molecule has 1 atom stereocenters. The predicted molar refractivity (Wildman–Crippen MR) is 80.6 cm³/mol. The van der Waals surface area contributed by atoms with Crippen molar-refractivity contribution >= 4 is 23.1 Å². The second-order valence-corrected chi connectivity index (χ2v) is 6.26. The quantitative estimate of drug-likeness (QED) is 0.727. The average molecular weight is 321 g/mol. The van der Waals surface area contributed by atoms with Crippen molar-refractivity contribution in [2.24, 2.45) is 5.73 Å². The fourth-order valence-electron chi connectivity index (χ4n) is 1.75. The number of hydrogen-bond acceptors (Lipinski definition) is 6. The van der Waals surface area contributed by atoms with Crippen LogP contribution in [0, 0.1) is 5.82 Å². The van der Waals surface area contributed by atoms with Crippen molar-refractivity contribution in [1.82, 2.24) is 10.1 Å². The molecule has 3 rings (SSSR count). The first kappa shape index (κ1) is 14.2. The fourth-order valence-corrected chi connectivity index (χ4v) is 3.25. The number of thioether (sulfide) groups is 1. The van der Waals surface area contributed by atoms with E-state index < -0.39 is 6.04 Å². The number of nitrogens with zero attached hydrogens (tertiary/aromatic N) is 2. The maximum absolute atomic E-state index is 13.5. The van der Waals surface area contributed by atoms with Crippen LogP contribution in [0.1, 0.15) is 22.6 Å². The van der Waals surface area contributed by atoms with Gasteiger partial charge in [0.15, 0.2) is 5.82 Å². The third-order valence-electron chi connectivity index (χ3n) is 2.79. The van der Waals surface area contributed by atoms with E-state index in [0.29, 0.717) is 22.4 Å². The van der Waals surface area contributed by atoms with Gasteiger partial charge in [0.2, 0.25) is 5.89 Å². The molecule has 108 valence electrons. The Balaban J connectivity index is 1.67. The molecule has 2 aromatic heterocycles. The highest BCUT2D eigenvalue weighted by Gasteiger charge is 2.17. The summed E-state index contributed by atoms with van der Waals surface area (Å²) in [6, 6.07) is 10.0. The Labute approximate surface area is 129 Å². The molecule has 2 N–H and O–H groups in total. The summed E-state index contributed by atoms with van der Waals surface area (Å²) in [5.74, 6) is 1.06. The summed E-state index contributed by atoms with van der Waals surface area (Å²) in [5, 5.41) is 5.83. The zero-order valence-electron chi connectivity index (χ0n) is 10.9. The molecule has 1 aromatic carbocycles. The number of benzene rings is 1. The molecule has 3 aromatic rings. The molecule has 0 amide bonds. The van der Waals surface area contributed by atoms with E-state index in [1.165, 1.54) is 29.2 Å². The smallest absolute Gasteiger partial charge is 0.249 e. The van der Waals surface area contributed by atoms with E-state index in [4.69, 9.17) is 10.3 Å². The molecule has 0 saturated heterocycles. The largest absolute Gasteiger partial charge is 0.337 e. The molecule has 0 spiro atoms. The van der Waals surface area contributed by atoms with E-state index >= 15 is 0 Å². The maximum Gasteiger partial charge on any atom is 0.249 e. The van der Waals surface area contributed by atoms with E-state index in [1.54, 1.807) is 18.2 Å². The van der Waals surface area contributed by atoms with Crippen LogP contribution >= 0.6 is 23.1 Å². The third kappa shape index (κ3) is 3.31. The number of hydrogen-bond donors (Lipinski definition) is 1. The van der Waals surface area contributed by atoms with Crippen LogP contribution in [-0.2, 0) is 5.75 Å². The lowest BCUT2D eigenvalue weighted by atomic mass is 10.2. The molecule has 1 unspecified atom stereocenters. The number of thiophene rings is 1. The van der Waals surface area contributed by atoms with E-state index in [9.17, 15) is 4.39 Å². The van der Waals surface area contributed by atoms with Crippen LogP contribution in [-0.4, -0.2) is 10.1 Å². The van der Waals surface area contributed by atoms with E-state index in [-0.39, 0.29) is 5.82 Å². The SMILES string of the molecule is NC(c1nc(CSc2ccccc2F)no1)c1cccs1. The van der Waals surface area contributed by atoms with Gasteiger partial charge in [-0.1, -0.05) is 23.4 Å². The summed E-state index contributed by atoms with van der Waals surface area (Å²) in [6.07, 6.45) is 0. The van der Waals surface area contributed by atoms with Gasteiger partial charge in [0.05, 0.1) is 5.75 Å². The van der Waals surface area contributed by atoms with Gasteiger partial charge >= 0.3 is 0 Å². The van der Waals surface area contributed by atoms with Crippen molar-refractivity contribution in [1.29, 1.82) is 0 Å². The Kier molecular flexibility index (Phi) is 4.33. The first-order valence-electron chi connectivity index (χ1n) is 6.23. The summed E-state index contributed by atoms with van der Waals surface area (Å²) in [5.41, 5.74) is 6.05. The fraction of sp³-hybridized carbons (Fsp3) is 0.143. The van der Waals surface area contributed by atoms with Crippen LogP contribution in [0.2, 0.25) is 0 Å². The second-order valence-electron chi connectivity index (χ2n) is 4.26. The number of nitrogens with two attached hydrogens (primary N) is 1. The number of rotatable bonds is 5. The van der Waals surface area contributed by atoms with Crippen LogP contribution in [0.5, 0.6) is 0 Å². The minimum atomic E-state index is -0.412. The monoisotopic (exact) mass is 321 g/mol. The van der Waals surface area contributed by atoms with Crippen LogP contribution in [0.4, 0.5) is 4.39 Å². The highest BCUT2D eigenvalue weighted by molar-refractivity contribution is 7.98. The molecule has 21 heavy (non-hydrogen) atoms. The minimum Gasteiger partial charge on any atom is -0.337 e. The van der Waals surface area contributed by atoms with E-state index in [1.807, 2.05) is 17.5 Å². The Morgan fingerprint density at radius 2 is 2.14 bits per heavy atom. The first-order valence-corrected chi connectivity index (χ1v) is 8.09. The second kappa shape index (κ2) is 6.38. The van der Waals surface area contributed by atoms with Gasteiger partial charge in [-0.15, -0.1) is 23.1 Å². The van der Waals surface area contributed by atoms with Gasteiger partial charge in [0.25, 0.3) is 0 Å². The van der Waals surface area contributed by atoms with Crippen molar-refractivity contribution in [3.05, 3.63) is 64.2 Å². The molecule has 4 nitrogen and oxygen atoms in total. The molecule has 0 fully saturated rings. The van der Waals surface area contributed by atoms with Crippen LogP contribution in [0.15, 0.2) is 51.2 Å². The van der Waals surface area contributed by atoms with Gasteiger partial charge < -0.3 is 10.3 Å². The highest BCUT2D eigenvalue weighted by Crippen LogP contribution is 2.26. The van der Waals surface area contributed by atoms with Crippen molar-refractivity contribution < 1.29 is 8.91 Å². The maximum atomic E-state index is 13.5. The highest BCUT2D eigenvalue weighted by atomic mass is 32.2. The third-order valence-corrected chi connectivity index (χ3v) is 4.79. The van der Waals surface area contributed by atoms with E-state index in [2.05, 4.69) is 10.1 Å². The van der Waals surface area contributed by atoms with Crippen LogP contribution in [0.3, 0.4) is 0 Å². The molecular formula is C14H12FN3OS2.